The molecule has 0 saturated carbocycles. The van der Waals surface area contributed by atoms with Gasteiger partial charge in [-0.15, -0.1) is 0 Å². The topological polar surface area (TPSA) is 96.3 Å². The maximum absolute atomic E-state index is 12.0. The molecule has 0 atom stereocenters. The highest BCUT2D eigenvalue weighted by Gasteiger charge is 2.06. The standard InChI is InChI=1S/C19H18N2O4S/c1-26(23,24)14-16-3-2-4-17(13-16)21-19(22)10-7-15-5-8-18(9-6-15)25-12-11-20/h2-10,13H,12,14H2,1H3,(H,21,22)/b10-7+. The lowest BCUT2D eigenvalue weighted by Gasteiger charge is -2.05. The first-order valence-corrected chi connectivity index (χ1v) is 9.77. The molecule has 0 spiro atoms. The van der Waals surface area contributed by atoms with Crippen LogP contribution in [-0.2, 0) is 20.4 Å². The fourth-order valence-electron chi connectivity index (χ4n) is 2.19. The highest BCUT2D eigenvalue weighted by molar-refractivity contribution is 7.89. The third-order valence-electron chi connectivity index (χ3n) is 3.23. The average Bonchev–Trinajstić information content (AvgIpc) is 2.58. The van der Waals surface area contributed by atoms with E-state index in [4.69, 9.17) is 10.00 Å². The molecule has 7 heteroatoms. The lowest BCUT2D eigenvalue weighted by Crippen LogP contribution is -2.08. The molecule has 2 aromatic carbocycles. The monoisotopic (exact) mass is 370 g/mol. The van der Waals surface area contributed by atoms with Gasteiger partial charge < -0.3 is 10.1 Å². The van der Waals surface area contributed by atoms with Gasteiger partial charge in [-0.1, -0.05) is 24.3 Å². The Hall–Kier alpha value is -3.11. The minimum absolute atomic E-state index is 0.0179. The summed E-state index contributed by atoms with van der Waals surface area (Å²) in [6, 6.07) is 15.6. The number of sulfone groups is 1. The van der Waals surface area contributed by atoms with Gasteiger partial charge in [-0.25, -0.2) is 8.42 Å². The van der Waals surface area contributed by atoms with Crippen molar-refractivity contribution in [2.24, 2.45) is 0 Å². The number of benzene rings is 2. The van der Waals surface area contributed by atoms with Gasteiger partial charge in [0.05, 0.1) is 5.75 Å². The van der Waals surface area contributed by atoms with E-state index in [0.29, 0.717) is 17.0 Å². The van der Waals surface area contributed by atoms with Crippen LogP contribution in [0.4, 0.5) is 5.69 Å². The number of hydrogen-bond acceptors (Lipinski definition) is 5. The van der Waals surface area contributed by atoms with Crippen LogP contribution in [0.25, 0.3) is 6.08 Å². The van der Waals surface area contributed by atoms with Gasteiger partial charge in [-0.05, 0) is 41.5 Å². The zero-order valence-electron chi connectivity index (χ0n) is 14.2. The van der Waals surface area contributed by atoms with Crippen molar-refractivity contribution in [3.05, 3.63) is 65.7 Å². The van der Waals surface area contributed by atoms with Crippen molar-refractivity contribution in [3.63, 3.8) is 0 Å². The molecular weight excluding hydrogens is 352 g/mol. The van der Waals surface area contributed by atoms with Crippen molar-refractivity contribution in [2.45, 2.75) is 5.75 Å². The van der Waals surface area contributed by atoms with Crippen LogP contribution in [0, 0.1) is 11.3 Å². The molecule has 26 heavy (non-hydrogen) atoms. The maximum Gasteiger partial charge on any atom is 0.248 e. The largest absolute Gasteiger partial charge is 0.479 e. The Labute approximate surface area is 152 Å². The van der Waals surface area contributed by atoms with Gasteiger partial charge in [0.1, 0.15) is 11.8 Å². The van der Waals surface area contributed by atoms with E-state index in [1.807, 2.05) is 6.07 Å². The maximum atomic E-state index is 12.0. The molecule has 0 aliphatic rings. The second-order valence-corrected chi connectivity index (χ2v) is 7.75. The normalized spacial score (nSPS) is 11.1. The first kappa shape index (κ1) is 19.2. The molecule has 2 aromatic rings. The minimum atomic E-state index is -3.13. The molecular formula is C19H18N2O4S. The summed E-state index contributed by atoms with van der Waals surface area (Å²) in [5, 5.41) is 11.2. The van der Waals surface area contributed by atoms with Crippen molar-refractivity contribution in [1.29, 1.82) is 5.26 Å². The fraction of sp³-hybridized carbons (Fsp3) is 0.158. The third-order valence-corrected chi connectivity index (χ3v) is 4.09. The predicted molar refractivity (Wildman–Crippen MR) is 100 cm³/mol. The summed E-state index contributed by atoms with van der Waals surface area (Å²) in [5.41, 5.74) is 1.94. The molecule has 0 heterocycles. The summed E-state index contributed by atoms with van der Waals surface area (Å²) < 4.78 is 27.9. The van der Waals surface area contributed by atoms with Crippen molar-refractivity contribution in [2.75, 3.05) is 18.2 Å². The number of carbonyl (C=O) groups excluding carboxylic acids is 1. The zero-order chi connectivity index (χ0) is 19.0. The van der Waals surface area contributed by atoms with Gasteiger partial charge in [0.15, 0.2) is 16.4 Å². The number of rotatable bonds is 7. The number of nitrogens with zero attached hydrogens (tertiary/aromatic N) is 1. The van der Waals surface area contributed by atoms with Gasteiger partial charge in [0, 0.05) is 18.0 Å². The number of nitrogens with one attached hydrogen (secondary N) is 1. The van der Waals surface area contributed by atoms with Gasteiger partial charge in [0.25, 0.3) is 0 Å². The molecule has 1 amide bonds. The van der Waals surface area contributed by atoms with Crippen LogP contribution in [-0.4, -0.2) is 27.2 Å². The second-order valence-electron chi connectivity index (χ2n) is 5.61. The van der Waals surface area contributed by atoms with Crippen LogP contribution >= 0.6 is 0 Å². The quantitative estimate of drug-likeness (QED) is 0.756. The van der Waals surface area contributed by atoms with Gasteiger partial charge in [-0.3, -0.25) is 4.79 Å². The van der Waals surface area contributed by atoms with Crippen molar-refractivity contribution in [1.82, 2.24) is 0 Å². The number of anilines is 1. The van der Waals surface area contributed by atoms with E-state index >= 15 is 0 Å². The van der Waals surface area contributed by atoms with Gasteiger partial charge in [0.2, 0.25) is 5.91 Å². The van der Waals surface area contributed by atoms with E-state index in [9.17, 15) is 13.2 Å². The SMILES string of the molecule is CS(=O)(=O)Cc1cccc(NC(=O)/C=C/c2ccc(OCC#N)cc2)c1. The summed E-state index contributed by atoms with van der Waals surface area (Å²) in [7, 11) is -3.13. The van der Waals surface area contributed by atoms with Gasteiger partial charge >= 0.3 is 0 Å². The molecule has 0 aliphatic carbocycles. The van der Waals surface area contributed by atoms with Crippen molar-refractivity contribution >= 4 is 27.5 Å². The summed E-state index contributed by atoms with van der Waals surface area (Å²) in [4.78, 5) is 12.0. The number of amides is 1. The molecule has 0 saturated heterocycles. The zero-order valence-corrected chi connectivity index (χ0v) is 15.0. The second kappa shape index (κ2) is 8.83. The van der Waals surface area contributed by atoms with E-state index in [0.717, 1.165) is 11.8 Å². The summed E-state index contributed by atoms with van der Waals surface area (Å²) in [6.45, 7) is -0.0179. The summed E-state index contributed by atoms with van der Waals surface area (Å²) in [6.07, 6.45) is 4.19. The van der Waals surface area contributed by atoms with E-state index in [2.05, 4.69) is 5.32 Å². The highest BCUT2D eigenvalue weighted by Crippen LogP contribution is 2.15. The first-order chi connectivity index (χ1) is 12.4. The molecule has 0 radical (unpaired) electrons. The number of carbonyl (C=O) groups is 1. The van der Waals surface area contributed by atoms with Crippen LogP contribution in [0.1, 0.15) is 11.1 Å². The lowest BCUT2D eigenvalue weighted by molar-refractivity contribution is -0.111. The smallest absolute Gasteiger partial charge is 0.248 e. The molecule has 0 aromatic heterocycles. The predicted octanol–water partition coefficient (Wildman–Crippen LogP) is 2.79. The van der Waals surface area contributed by atoms with Crippen LogP contribution in [0.2, 0.25) is 0 Å². The molecule has 1 N–H and O–H groups in total. The molecule has 134 valence electrons. The molecule has 0 bridgehead atoms. The summed E-state index contributed by atoms with van der Waals surface area (Å²) in [5.74, 6) is 0.175. The first-order valence-electron chi connectivity index (χ1n) is 7.71. The Balaban J connectivity index is 1.97. The van der Waals surface area contributed by atoms with E-state index < -0.39 is 9.84 Å². The van der Waals surface area contributed by atoms with Crippen molar-refractivity contribution in [3.8, 4) is 11.8 Å². The Morgan fingerprint density at radius 3 is 2.62 bits per heavy atom. The fourth-order valence-corrected chi connectivity index (χ4v) is 2.97. The van der Waals surface area contributed by atoms with Crippen LogP contribution < -0.4 is 10.1 Å². The van der Waals surface area contributed by atoms with Crippen LogP contribution in [0.5, 0.6) is 5.75 Å². The van der Waals surface area contributed by atoms with Crippen molar-refractivity contribution < 1.29 is 17.9 Å². The number of ether oxygens (including phenoxy) is 1. The molecule has 0 fully saturated rings. The Bertz CT molecular complexity index is 942. The molecule has 0 aliphatic heterocycles. The van der Waals surface area contributed by atoms with E-state index in [-0.39, 0.29) is 18.3 Å². The third kappa shape index (κ3) is 6.79. The van der Waals surface area contributed by atoms with Gasteiger partial charge in [-0.2, -0.15) is 5.26 Å². The number of nitriles is 1. The molecule has 0 unspecified atom stereocenters. The van der Waals surface area contributed by atoms with E-state index in [1.54, 1.807) is 54.6 Å². The average molecular weight is 370 g/mol. The molecule has 2 rings (SSSR count). The number of hydrogen-bond donors (Lipinski definition) is 1. The Morgan fingerprint density at radius 2 is 1.96 bits per heavy atom. The lowest BCUT2D eigenvalue weighted by atomic mass is 10.2. The highest BCUT2D eigenvalue weighted by atomic mass is 32.2. The summed E-state index contributed by atoms with van der Waals surface area (Å²) >= 11 is 0. The Morgan fingerprint density at radius 1 is 1.23 bits per heavy atom. The van der Waals surface area contributed by atoms with Crippen LogP contribution in [0.3, 0.4) is 0 Å². The van der Waals surface area contributed by atoms with E-state index in [1.165, 1.54) is 6.08 Å². The van der Waals surface area contributed by atoms with Crippen LogP contribution in [0.15, 0.2) is 54.6 Å². The minimum Gasteiger partial charge on any atom is -0.479 e. The Kier molecular flexibility index (Phi) is 6.53. The molecule has 6 nitrogen and oxygen atoms in total.